The summed E-state index contributed by atoms with van der Waals surface area (Å²) in [5.41, 5.74) is 0.688. The van der Waals surface area contributed by atoms with Crippen molar-refractivity contribution in [3.8, 4) is 0 Å². The number of hydrogen-bond donors (Lipinski definition) is 2. The summed E-state index contributed by atoms with van der Waals surface area (Å²) in [6, 6.07) is 7.20. The molecular weight excluding hydrogens is 269 g/mol. The molecule has 4 nitrogen and oxygen atoms in total. The van der Waals surface area contributed by atoms with E-state index in [0.717, 1.165) is 0 Å². The van der Waals surface area contributed by atoms with Crippen LogP contribution in [0.4, 0.5) is 24.9 Å². The van der Waals surface area contributed by atoms with Crippen LogP contribution >= 0.6 is 0 Å². The van der Waals surface area contributed by atoms with Crippen molar-refractivity contribution in [1.82, 2.24) is 9.97 Å². The first-order valence-electron chi connectivity index (χ1n) is 6.31. The van der Waals surface area contributed by atoms with Gasteiger partial charge in [0.25, 0.3) is 0 Å². The Bertz CT molecular complexity index is 583. The van der Waals surface area contributed by atoms with Crippen molar-refractivity contribution in [3.05, 3.63) is 24.3 Å². The predicted molar refractivity (Wildman–Crippen MR) is 72.9 cm³/mol. The van der Waals surface area contributed by atoms with E-state index in [4.69, 9.17) is 0 Å². The summed E-state index contributed by atoms with van der Waals surface area (Å²) in [5.74, 6) is 0.816. The first-order valence-corrected chi connectivity index (χ1v) is 6.31. The maximum atomic E-state index is 12.2. The average molecular weight is 284 g/mol. The smallest absolute Gasteiger partial charge is 0.369 e. The van der Waals surface area contributed by atoms with Gasteiger partial charge >= 0.3 is 6.18 Å². The molecule has 0 aliphatic carbocycles. The van der Waals surface area contributed by atoms with Gasteiger partial charge in [-0.05, 0) is 19.1 Å². The molecule has 2 aromatic rings. The van der Waals surface area contributed by atoms with E-state index in [1.165, 1.54) is 0 Å². The predicted octanol–water partition coefficient (Wildman–Crippen LogP) is 3.43. The second-order valence-electron chi connectivity index (χ2n) is 4.24. The number of para-hydroxylation sites is 1. The number of hydrogen-bond acceptors (Lipinski definition) is 4. The lowest BCUT2D eigenvalue weighted by Crippen LogP contribution is -2.16. The molecule has 0 amide bonds. The van der Waals surface area contributed by atoms with E-state index in [1.807, 2.05) is 13.0 Å². The third-order valence-electron chi connectivity index (χ3n) is 2.64. The van der Waals surface area contributed by atoms with Gasteiger partial charge in [-0.25, -0.2) is 4.98 Å². The minimum absolute atomic E-state index is 0.212. The average Bonchev–Trinajstić information content (AvgIpc) is 2.37. The van der Waals surface area contributed by atoms with Crippen LogP contribution in [0.1, 0.15) is 13.3 Å². The standard InChI is InChI=1S/C13H15F3N4/c1-2-17-12-19-10-6-4-3-5-9(10)11(20-12)18-8-7-13(14,15)16/h3-6H,2,7-8H2,1H3,(H2,17,18,19,20). The van der Waals surface area contributed by atoms with E-state index < -0.39 is 12.6 Å². The molecule has 1 heterocycles. The topological polar surface area (TPSA) is 49.8 Å². The molecule has 0 atom stereocenters. The Morgan fingerprint density at radius 3 is 2.55 bits per heavy atom. The Labute approximate surface area is 114 Å². The second kappa shape index (κ2) is 5.94. The maximum absolute atomic E-state index is 12.2. The summed E-state index contributed by atoms with van der Waals surface area (Å²) in [6.45, 7) is 2.33. The Morgan fingerprint density at radius 2 is 1.85 bits per heavy atom. The molecule has 0 bridgehead atoms. The van der Waals surface area contributed by atoms with Crippen molar-refractivity contribution in [1.29, 1.82) is 0 Å². The van der Waals surface area contributed by atoms with Gasteiger partial charge in [-0.3, -0.25) is 0 Å². The van der Waals surface area contributed by atoms with Gasteiger partial charge in [0.2, 0.25) is 5.95 Å². The zero-order chi connectivity index (χ0) is 14.6. The van der Waals surface area contributed by atoms with Crippen LogP contribution in [-0.2, 0) is 0 Å². The van der Waals surface area contributed by atoms with Crippen molar-refractivity contribution in [3.63, 3.8) is 0 Å². The van der Waals surface area contributed by atoms with Crippen LogP contribution in [-0.4, -0.2) is 29.2 Å². The quantitative estimate of drug-likeness (QED) is 0.883. The van der Waals surface area contributed by atoms with Crippen molar-refractivity contribution < 1.29 is 13.2 Å². The molecule has 1 aromatic carbocycles. The normalized spacial score (nSPS) is 11.6. The minimum Gasteiger partial charge on any atom is -0.369 e. The lowest BCUT2D eigenvalue weighted by molar-refractivity contribution is -0.131. The van der Waals surface area contributed by atoms with Gasteiger partial charge in [0, 0.05) is 18.5 Å². The number of nitrogens with zero attached hydrogens (tertiary/aromatic N) is 2. The van der Waals surface area contributed by atoms with Crippen LogP contribution in [0.25, 0.3) is 10.9 Å². The number of anilines is 2. The van der Waals surface area contributed by atoms with Gasteiger partial charge in [0.15, 0.2) is 0 Å². The Hall–Kier alpha value is -2.05. The summed E-state index contributed by atoms with van der Waals surface area (Å²) in [6.07, 6.45) is -5.08. The summed E-state index contributed by atoms with van der Waals surface area (Å²) < 4.78 is 36.6. The van der Waals surface area contributed by atoms with Gasteiger partial charge < -0.3 is 10.6 Å². The van der Waals surface area contributed by atoms with E-state index >= 15 is 0 Å². The van der Waals surface area contributed by atoms with Crippen molar-refractivity contribution >= 4 is 22.7 Å². The van der Waals surface area contributed by atoms with E-state index in [9.17, 15) is 13.2 Å². The molecule has 0 saturated carbocycles. The first kappa shape index (κ1) is 14.4. The van der Waals surface area contributed by atoms with Crippen LogP contribution in [0, 0.1) is 0 Å². The monoisotopic (exact) mass is 284 g/mol. The van der Waals surface area contributed by atoms with E-state index in [1.54, 1.807) is 18.2 Å². The van der Waals surface area contributed by atoms with Crippen LogP contribution in [0.2, 0.25) is 0 Å². The number of rotatable bonds is 5. The molecule has 0 aliphatic rings. The molecule has 0 radical (unpaired) electrons. The summed E-state index contributed by atoms with van der Waals surface area (Å²) in [5, 5.41) is 6.40. The molecule has 0 saturated heterocycles. The Morgan fingerprint density at radius 1 is 1.10 bits per heavy atom. The van der Waals surface area contributed by atoms with Crippen molar-refractivity contribution in [2.24, 2.45) is 0 Å². The number of nitrogens with one attached hydrogen (secondary N) is 2. The van der Waals surface area contributed by atoms with Gasteiger partial charge in [-0.2, -0.15) is 18.2 Å². The zero-order valence-corrected chi connectivity index (χ0v) is 11.0. The molecule has 0 spiro atoms. The highest BCUT2D eigenvalue weighted by atomic mass is 19.4. The summed E-state index contributed by atoms with van der Waals surface area (Å²) in [7, 11) is 0. The highest BCUT2D eigenvalue weighted by Crippen LogP contribution is 2.23. The molecule has 20 heavy (non-hydrogen) atoms. The van der Waals surface area contributed by atoms with Gasteiger partial charge in [0.1, 0.15) is 5.82 Å². The number of alkyl halides is 3. The number of aromatic nitrogens is 2. The maximum Gasteiger partial charge on any atom is 0.390 e. The molecule has 2 rings (SSSR count). The molecule has 0 aliphatic heterocycles. The molecule has 1 aromatic heterocycles. The van der Waals surface area contributed by atoms with Gasteiger partial charge in [-0.1, -0.05) is 12.1 Å². The van der Waals surface area contributed by atoms with Gasteiger partial charge in [-0.15, -0.1) is 0 Å². The molecule has 108 valence electrons. The molecule has 2 N–H and O–H groups in total. The van der Waals surface area contributed by atoms with E-state index in [0.29, 0.717) is 29.2 Å². The van der Waals surface area contributed by atoms with Crippen LogP contribution in [0.3, 0.4) is 0 Å². The number of halogens is 3. The Balaban J connectivity index is 2.25. The molecule has 0 unspecified atom stereocenters. The van der Waals surface area contributed by atoms with Crippen LogP contribution < -0.4 is 10.6 Å². The minimum atomic E-state index is -4.18. The largest absolute Gasteiger partial charge is 0.390 e. The fourth-order valence-corrected chi connectivity index (χ4v) is 1.77. The van der Waals surface area contributed by atoms with Crippen LogP contribution in [0.5, 0.6) is 0 Å². The highest BCUT2D eigenvalue weighted by molar-refractivity contribution is 5.89. The summed E-state index contributed by atoms with van der Waals surface area (Å²) >= 11 is 0. The number of benzene rings is 1. The van der Waals surface area contributed by atoms with Crippen molar-refractivity contribution in [2.75, 3.05) is 23.7 Å². The lowest BCUT2D eigenvalue weighted by atomic mass is 10.2. The molecular formula is C13H15F3N4. The Kier molecular flexibility index (Phi) is 4.26. The fourth-order valence-electron chi connectivity index (χ4n) is 1.77. The third kappa shape index (κ3) is 3.72. The van der Waals surface area contributed by atoms with E-state index in [2.05, 4.69) is 20.6 Å². The lowest BCUT2D eigenvalue weighted by Gasteiger charge is -2.12. The fraction of sp³-hybridized carbons (Fsp3) is 0.385. The SMILES string of the molecule is CCNc1nc(NCCC(F)(F)F)c2ccccc2n1. The molecule has 7 heteroatoms. The first-order chi connectivity index (χ1) is 9.49. The molecule has 0 fully saturated rings. The third-order valence-corrected chi connectivity index (χ3v) is 2.64. The van der Waals surface area contributed by atoms with Crippen molar-refractivity contribution in [2.45, 2.75) is 19.5 Å². The van der Waals surface area contributed by atoms with Crippen LogP contribution in [0.15, 0.2) is 24.3 Å². The second-order valence-corrected chi connectivity index (χ2v) is 4.24. The van der Waals surface area contributed by atoms with Gasteiger partial charge in [0.05, 0.1) is 11.9 Å². The zero-order valence-electron chi connectivity index (χ0n) is 11.0. The highest BCUT2D eigenvalue weighted by Gasteiger charge is 2.26. The van der Waals surface area contributed by atoms with E-state index in [-0.39, 0.29) is 6.54 Å². The number of fused-ring (bicyclic) bond motifs is 1. The summed E-state index contributed by atoms with van der Waals surface area (Å²) in [4.78, 5) is 8.51.